The summed E-state index contributed by atoms with van der Waals surface area (Å²) >= 11 is 0. The van der Waals surface area contributed by atoms with Crippen LogP contribution in [0, 0.1) is 12.7 Å². The summed E-state index contributed by atoms with van der Waals surface area (Å²) in [4.78, 5) is 4.22. The van der Waals surface area contributed by atoms with E-state index >= 15 is 0 Å². The quantitative estimate of drug-likeness (QED) is 0.501. The molecule has 2 nitrogen and oxygen atoms in total. The Morgan fingerprint density at radius 1 is 1.00 bits per heavy atom. The van der Waals surface area contributed by atoms with E-state index in [-0.39, 0.29) is 5.82 Å². The zero-order chi connectivity index (χ0) is 15.8. The van der Waals surface area contributed by atoms with Gasteiger partial charge in [0, 0.05) is 18.0 Å². The monoisotopic (exact) mass is 302 g/mol. The van der Waals surface area contributed by atoms with Gasteiger partial charge in [0.15, 0.2) is 0 Å². The van der Waals surface area contributed by atoms with Crippen molar-refractivity contribution < 1.29 is 4.39 Å². The summed E-state index contributed by atoms with van der Waals surface area (Å²) in [7, 11) is 0. The molecule has 2 aromatic heterocycles. The molecule has 0 aliphatic heterocycles. The number of hydrogen-bond acceptors (Lipinski definition) is 1. The van der Waals surface area contributed by atoms with E-state index in [9.17, 15) is 4.39 Å². The number of halogens is 1. The Hall–Kier alpha value is -2.94. The number of aromatic nitrogens is 2. The molecule has 0 N–H and O–H groups in total. The minimum atomic E-state index is -0.206. The highest BCUT2D eigenvalue weighted by molar-refractivity contribution is 5.87. The standard InChI is InChI=1S/C20H15FN2/c1-14-8-10-22-13-20(14)23-11-9-15-6-7-16(12-19(15)23)17-4-2-3-5-18(17)21/h2-13H,1H3. The Labute approximate surface area is 133 Å². The van der Waals surface area contributed by atoms with Gasteiger partial charge >= 0.3 is 0 Å². The maximum Gasteiger partial charge on any atom is 0.131 e. The van der Waals surface area contributed by atoms with Gasteiger partial charge in [-0.3, -0.25) is 4.98 Å². The molecule has 0 spiro atoms. The molecule has 112 valence electrons. The van der Waals surface area contributed by atoms with Crippen molar-refractivity contribution in [2.24, 2.45) is 0 Å². The molecule has 0 radical (unpaired) electrons. The highest BCUT2D eigenvalue weighted by Gasteiger charge is 2.09. The second-order valence-electron chi connectivity index (χ2n) is 5.60. The van der Waals surface area contributed by atoms with Gasteiger partial charge in [0.1, 0.15) is 5.82 Å². The van der Waals surface area contributed by atoms with Crippen LogP contribution in [0.15, 0.2) is 73.2 Å². The van der Waals surface area contributed by atoms with Crippen LogP contribution >= 0.6 is 0 Å². The van der Waals surface area contributed by atoms with E-state index in [1.54, 1.807) is 18.3 Å². The fraction of sp³-hybridized carbons (Fsp3) is 0.0500. The lowest BCUT2D eigenvalue weighted by Crippen LogP contribution is -1.96. The number of fused-ring (bicyclic) bond motifs is 1. The Morgan fingerprint density at radius 3 is 2.70 bits per heavy atom. The fourth-order valence-corrected chi connectivity index (χ4v) is 2.91. The molecule has 0 unspecified atom stereocenters. The summed E-state index contributed by atoms with van der Waals surface area (Å²) in [5.74, 6) is -0.206. The van der Waals surface area contributed by atoms with E-state index in [0.717, 1.165) is 27.7 Å². The third-order valence-electron chi connectivity index (χ3n) is 4.15. The Morgan fingerprint density at radius 2 is 1.87 bits per heavy atom. The van der Waals surface area contributed by atoms with Gasteiger partial charge in [-0.2, -0.15) is 0 Å². The highest BCUT2D eigenvalue weighted by atomic mass is 19.1. The maximum atomic E-state index is 14.1. The van der Waals surface area contributed by atoms with E-state index in [1.165, 1.54) is 6.07 Å². The second-order valence-corrected chi connectivity index (χ2v) is 5.60. The summed E-state index contributed by atoms with van der Waals surface area (Å²) in [6.07, 6.45) is 5.67. The van der Waals surface area contributed by atoms with E-state index in [2.05, 4.69) is 22.5 Å². The predicted octanol–water partition coefficient (Wildman–Crippen LogP) is 5.14. The zero-order valence-electron chi connectivity index (χ0n) is 12.7. The summed E-state index contributed by atoms with van der Waals surface area (Å²) in [6, 6.07) is 16.9. The Bertz CT molecular complexity index is 1000. The Kier molecular flexibility index (Phi) is 3.19. The third kappa shape index (κ3) is 2.30. The zero-order valence-corrected chi connectivity index (χ0v) is 12.7. The van der Waals surface area contributed by atoms with Crippen LogP contribution in [-0.4, -0.2) is 9.55 Å². The maximum absolute atomic E-state index is 14.1. The molecule has 0 aliphatic carbocycles. The highest BCUT2D eigenvalue weighted by Crippen LogP contribution is 2.29. The number of nitrogens with zero attached hydrogens (tertiary/aromatic N) is 2. The first-order chi connectivity index (χ1) is 11.2. The third-order valence-corrected chi connectivity index (χ3v) is 4.15. The van der Waals surface area contributed by atoms with E-state index < -0.39 is 0 Å². The SMILES string of the molecule is Cc1ccncc1-n1ccc2ccc(-c3ccccc3F)cc21. The van der Waals surface area contributed by atoms with Gasteiger partial charge in [-0.15, -0.1) is 0 Å². The predicted molar refractivity (Wildman–Crippen MR) is 91.2 cm³/mol. The smallest absolute Gasteiger partial charge is 0.131 e. The van der Waals surface area contributed by atoms with Crippen molar-refractivity contribution in [2.45, 2.75) is 6.92 Å². The number of hydrogen-bond donors (Lipinski definition) is 0. The molecule has 2 aromatic carbocycles. The molecule has 0 aliphatic rings. The molecule has 23 heavy (non-hydrogen) atoms. The number of benzene rings is 2. The van der Waals surface area contributed by atoms with Crippen LogP contribution in [0.4, 0.5) is 4.39 Å². The number of rotatable bonds is 2. The van der Waals surface area contributed by atoms with Crippen molar-refractivity contribution in [3.8, 4) is 16.8 Å². The van der Waals surface area contributed by atoms with Crippen molar-refractivity contribution in [1.82, 2.24) is 9.55 Å². The molecular weight excluding hydrogens is 287 g/mol. The fourth-order valence-electron chi connectivity index (χ4n) is 2.91. The summed E-state index contributed by atoms with van der Waals surface area (Å²) < 4.78 is 16.2. The molecule has 4 rings (SSSR count). The second kappa shape index (κ2) is 5.36. The van der Waals surface area contributed by atoms with Gasteiger partial charge in [0.25, 0.3) is 0 Å². The first kappa shape index (κ1) is 13.7. The molecule has 0 amide bonds. The number of pyridine rings is 1. The van der Waals surface area contributed by atoms with Crippen molar-refractivity contribution in [3.05, 3.63) is 84.6 Å². The van der Waals surface area contributed by atoms with Crippen molar-refractivity contribution in [2.75, 3.05) is 0 Å². The van der Waals surface area contributed by atoms with Crippen LogP contribution in [-0.2, 0) is 0 Å². The van der Waals surface area contributed by atoms with Crippen molar-refractivity contribution in [1.29, 1.82) is 0 Å². The molecule has 0 fully saturated rings. The van der Waals surface area contributed by atoms with Gasteiger partial charge in [-0.1, -0.05) is 30.3 Å². The van der Waals surface area contributed by atoms with Crippen molar-refractivity contribution in [3.63, 3.8) is 0 Å². The lowest BCUT2D eigenvalue weighted by atomic mass is 10.0. The number of aryl methyl sites for hydroxylation is 1. The minimum Gasteiger partial charge on any atom is -0.315 e. The lowest BCUT2D eigenvalue weighted by molar-refractivity contribution is 0.631. The first-order valence-electron chi connectivity index (χ1n) is 7.51. The molecule has 0 atom stereocenters. The van der Waals surface area contributed by atoms with Crippen LogP contribution in [0.25, 0.3) is 27.7 Å². The molecule has 2 heterocycles. The average molecular weight is 302 g/mol. The summed E-state index contributed by atoms with van der Waals surface area (Å²) in [5, 5.41) is 1.12. The largest absolute Gasteiger partial charge is 0.315 e. The normalized spacial score (nSPS) is 11.0. The lowest BCUT2D eigenvalue weighted by Gasteiger charge is -2.10. The molecule has 0 saturated carbocycles. The molecule has 3 heteroatoms. The molecule has 0 bridgehead atoms. The summed E-state index contributed by atoms with van der Waals surface area (Å²) in [6.45, 7) is 2.06. The molecule has 4 aromatic rings. The first-order valence-corrected chi connectivity index (χ1v) is 7.51. The average Bonchev–Trinajstić information content (AvgIpc) is 2.99. The van der Waals surface area contributed by atoms with Gasteiger partial charge in [-0.05, 0) is 47.7 Å². The van der Waals surface area contributed by atoms with Crippen LogP contribution < -0.4 is 0 Å². The van der Waals surface area contributed by atoms with Gasteiger partial charge in [-0.25, -0.2) is 4.39 Å². The van der Waals surface area contributed by atoms with Crippen LogP contribution in [0.1, 0.15) is 5.56 Å². The van der Waals surface area contributed by atoms with Crippen molar-refractivity contribution >= 4 is 10.9 Å². The van der Waals surface area contributed by atoms with E-state index in [4.69, 9.17) is 0 Å². The minimum absolute atomic E-state index is 0.206. The van der Waals surface area contributed by atoms with Crippen LogP contribution in [0.3, 0.4) is 0 Å². The van der Waals surface area contributed by atoms with Gasteiger partial charge in [0.2, 0.25) is 0 Å². The van der Waals surface area contributed by atoms with E-state index in [0.29, 0.717) is 5.56 Å². The van der Waals surface area contributed by atoms with E-state index in [1.807, 2.05) is 42.7 Å². The molecular formula is C20H15FN2. The van der Waals surface area contributed by atoms with Crippen LogP contribution in [0.5, 0.6) is 0 Å². The Balaban J connectivity index is 1.94. The van der Waals surface area contributed by atoms with Crippen LogP contribution in [0.2, 0.25) is 0 Å². The summed E-state index contributed by atoms with van der Waals surface area (Å²) in [5.41, 5.74) is 4.71. The van der Waals surface area contributed by atoms with Gasteiger partial charge in [0.05, 0.1) is 17.4 Å². The molecule has 0 saturated heterocycles. The van der Waals surface area contributed by atoms with Gasteiger partial charge < -0.3 is 4.57 Å². The topological polar surface area (TPSA) is 17.8 Å².